The van der Waals surface area contributed by atoms with Gasteiger partial charge in [-0.25, -0.2) is 5.87 Å². The number of rotatable bonds is 11. The van der Waals surface area contributed by atoms with E-state index in [1.54, 1.807) is 14.2 Å². The summed E-state index contributed by atoms with van der Waals surface area (Å²) < 4.78 is 38.6. The average Bonchev–Trinajstić information content (AvgIpc) is 2.65. The summed E-state index contributed by atoms with van der Waals surface area (Å²) >= 11 is 0. The molecule has 0 aromatic rings. The second-order valence-corrected chi connectivity index (χ2v) is 7.02. The molecule has 0 N–H and O–H groups in total. The molecule has 6 atom stereocenters. The molecule has 0 aromatic carbocycles. The Kier molecular flexibility index (Phi) is 10.9. The largest absolute Gasteiger partial charge is 0.439 e. The maximum Gasteiger partial charge on any atom is 0.186 e. The van der Waals surface area contributed by atoms with Crippen molar-refractivity contribution in [2.24, 2.45) is 0 Å². The Morgan fingerprint density at radius 2 is 1.77 bits per heavy atom. The molecule has 1 fully saturated rings. The SMILES string of the molecule is C#COC(COC)COC1OC(C[S-](=C)=C=O)[C@H](OC)C(OC)C1OC. The molecule has 1 heterocycles. The van der Waals surface area contributed by atoms with Gasteiger partial charge in [0.25, 0.3) is 0 Å². The van der Waals surface area contributed by atoms with Crippen LogP contribution >= 0.6 is 0 Å². The van der Waals surface area contributed by atoms with Gasteiger partial charge in [0.2, 0.25) is 0 Å². The van der Waals surface area contributed by atoms with E-state index in [0.717, 1.165) is 0 Å². The summed E-state index contributed by atoms with van der Waals surface area (Å²) in [4.78, 5) is 10.9. The fraction of sp³-hybridized carbons (Fsp3) is 0.765. The number of hydrogen-bond acceptors (Lipinski definition) is 9. The quantitative estimate of drug-likeness (QED) is 0.265. The fourth-order valence-electron chi connectivity index (χ4n) is 2.78. The summed E-state index contributed by atoms with van der Waals surface area (Å²) in [5.41, 5.74) is 0. The molecular weight excluding hydrogens is 364 g/mol. The molecule has 1 rings (SSSR count). The molecule has 8 nitrogen and oxygen atoms in total. The van der Waals surface area contributed by atoms with Gasteiger partial charge >= 0.3 is 0 Å². The fourth-order valence-corrected chi connectivity index (χ4v) is 3.51. The van der Waals surface area contributed by atoms with Crippen LogP contribution in [0.15, 0.2) is 0 Å². The summed E-state index contributed by atoms with van der Waals surface area (Å²) in [6.07, 6.45) is 4.11. The molecule has 0 spiro atoms. The van der Waals surface area contributed by atoms with Crippen molar-refractivity contribution in [3.8, 4) is 12.5 Å². The second kappa shape index (κ2) is 12.3. The monoisotopic (exact) mass is 391 g/mol. The Balaban J connectivity index is 2.94. The lowest BCUT2D eigenvalue weighted by atomic mass is 9.99. The lowest BCUT2D eigenvalue weighted by Crippen LogP contribution is -2.61. The Hall–Kier alpha value is -1.08. The van der Waals surface area contributed by atoms with Crippen LogP contribution in [0.1, 0.15) is 0 Å². The van der Waals surface area contributed by atoms with Crippen LogP contribution < -0.4 is 0 Å². The van der Waals surface area contributed by atoms with E-state index in [1.165, 1.54) is 14.2 Å². The van der Waals surface area contributed by atoms with E-state index < -0.39 is 46.9 Å². The predicted molar refractivity (Wildman–Crippen MR) is 97.6 cm³/mol. The van der Waals surface area contributed by atoms with Gasteiger partial charge < -0.3 is 43.2 Å². The first-order chi connectivity index (χ1) is 12.6. The van der Waals surface area contributed by atoms with E-state index in [9.17, 15) is 4.79 Å². The van der Waals surface area contributed by atoms with Crippen LogP contribution in [0.3, 0.4) is 0 Å². The van der Waals surface area contributed by atoms with Gasteiger partial charge in [-0.15, -0.1) is 0 Å². The van der Waals surface area contributed by atoms with Crippen LogP contribution in [-0.4, -0.2) is 95.3 Å². The van der Waals surface area contributed by atoms with Crippen molar-refractivity contribution in [1.82, 2.24) is 0 Å². The van der Waals surface area contributed by atoms with Crippen molar-refractivity contribution >= 4 is 21.2 Å². The molecule has 1 saturated heterocycles. The van der Waals surface area contributed by atoms with Gasteiger partial charge in [0, 0.05) is 28.4 Å². The Morgan fingerprint density at radius 3 is 2.27 bits per heavy atom. The molecule has 0 radical (unpaired) electrons. The van der Waals surface area contributed by atoms with Gasteiger partial charge in [0.05, 0.1) is 19.3 Å². The van der Waals surface area contributed by atoms with Gasteiger partial charge in [-0.3, -0.25) is 4.79 Å². The van der Waals surface area contributed by atoms with Crippen LogP contribution in [0.25, 0.3) is 0 Å². The zero-order chi connectivity index (χ0) is 19.5. The smallest absolute Gasteiger partial charge is 0.186 e. The second-order valence-electron chi connectivity index (χ2n) is 5.53. The topological polar surface area (TPSA) is 81.7 Å². The molecule has 0 amide bonds. The number of ether oxygens (including phenoxy) is 7. The molecule has 0 saturated carbocycles. The Morgan fingerprint density at radius 1 is 1.12 bits per heavy atom. The highest BCUT2D eigenvalue weighted by Crippen LogP contribution is 2.28. The molecule has 0 bridgehead atoms. The zero-order valence-electron chi connectivity index (χ0n) is 15.5. The van der Waals surface area contributed by atoms with E-state index in [-0.39, 0.29) is 13.2 Å². The van der Waals surface area contributed by atoms with Crippen molar-refractivity contribution in [3.05, 3.63) is 0 Å². The molecule has 1 aliphatic heterocycles. The molecule has 26 heavy (non-hydrogen) atoms. The molecule has 0 aromatic heterocycles. The van der Waals surface area contributed by atoms with Crippen LogP contribution in [0.4, 0.5) is 0 Å². The zero-order valence-corrected chi connectivity index (χ0v) is 16.4. The molecule has 150 valence electrons. The Bertz CT molecular complexity index is 549. The third-order valence-corrected chi connectivity index (χ3v) is 4.89. The van der Waals surface area contributed by atoms with Crippen LogP contribution in [0.2, 0.25) is 0 Å². The third kappa shape index (κ3) is 6.27. The summed E-state index contributed by atoms with van der Waals surface area (Å²) in [6.45, 7) is 0.383. The first-order valence-electron chi connectivity index (χ1n) is 7.90. The van der Waals surface area contributed by atoms with Crippen LogP contribution in [0.5, 0.6) is 0 Å². The van der Waals surface area contributed by atoms with E-state index in [2.05, 4.69) is 12.0 Å². The number of terminal acetylenes is 1. The van der Waals surface area contributed by atoms with Gasteiger partial charge in [0.15, 0.2) is 12.4 Å². The minimum Gasteiger partial charge on any atom is -0.439 e. The standard InChI is InChI=1S/C17H27O8S/c1-7-23-12(8-19-2)9-24-17-16(22-5)15(21-4)14(20-3)13(25-17)10-26(6)11-18/h1,12-17H,6,8-10H2,2-5H3/q-1/t12?,13?,14-,15?,16?,17?/m0/s1. The first kappa shape index (κ1) is 23.0. The molecule has 9 heteroatoms. The molecule has 1 aliphatic rings. The number of hydrogen-bond donors (Lipinski definition) is 0. The first-order valence-corrected chi connectivity index (χ1v) is 9.46. The maximum atomic E-state index is 10.9. The van der Waals surface area contributed by atoms with Crippen molar-refractivity contribution in [3.63, 3.8) is 0 Å². The van der Waals surface area contributed by atoms with Crippen molar-refractivity contribution < 1.29 is 38.0 Å². The van der Waals surface area contributed by atoms with Crippen LogP contribution in [-0.2, 0) is 48.0 Å². The summed E-state index contributed by atoms with van der Waals surface area (Å²) in [7, 11) is 5.31. The van der Waals surface area contributed by atoms with Gasteiger partial charge in [0.1, 0.15) is 24.4 Å². The highest BCUT2D eigenvalue weighted by molar-refractivity contribution is 7.92. The maximum absolute atomic E-state index is 10.9. The number of carbonyl (C=O) groups excluding carboxylic acids is 1. The molecule has 5 unspecified atom stereocenters. The lowest BCUT2D eigenvalue weighted by molar-refractivity contribution is -0.307. The van der Waals surface area contributed by atoms with E-state index >= 15 is 0 Å². The number of methoxy groups -OCH3 is 4. The minimum absolute atomic E-state index is 0.124. The summed E-state index contributed by atoms with van der Waals surface area (Å²) in [5, 5.41) is 1.87. The summed E-state index contributed by atoms with van der Waals surface area (Å²) in [5.74, 6) is 4.09. The third-order valence-electron chi connectivity index (χ3n) is 3.92. The Labute approximate surface area is 156 Å². The normalized spacial score (nSPS) is 29.8. The van der Waals surface area contributed by atoms with Crippen molar-refractivity contribution in [1.29, 1.82) is 0 Å². The van der Waals surface area contributed by atoms with Crippen LogP contribution in [0, 0.1) is 12.5 Å². The van der Waals surface area contributed by atoms with Gasteiger partial charge in [-0.1, -0.05) is 12.2 Å². The van der Waals surface area contributed by atoms with E-state index in [4.69, 9.17) is 39.6 Å². The molecular formula is C17H27O8S-. The van der Waals surface area contributed by atoms with Gasteiger partial charge in [-0.2, -0.15) is 0 Å². The highest BCUT2D eigenvalue weighted by atomic mass is 32.2. The van der Waals surface area contributed by atoms with Gasteiger partial charge in [-0.05, 0) is 5.23 Å². The van der Waals surface area contributed by atoms with E-state index in [1.807, 2.05) is 5.23 Å². The average molecular weight is 391 g/mol. The minimum atomic E-state index is -0.844. The summed E-state index contributed by atoms with van der Waals surface area (Å²) in [6, 6.07) is 0. The predicted octanol–water partition coefficient (Wildman–Crippen LogP) is -0.487. The lowest BCUT2D eigenvalue weighted by Gasteiger charge is -2.45. The van der Waals surface area contributed by atoms with Crippen molar-refractivity contribution in [2.75, 3.05) is 47.4 Å². The van der Waals surface area contributed by atoms with Crippen molar-refractivity contribution in [2.45, 2.75) is 36.8 Å². The van der Waals surface area contributed by atoms with E-state index in [0.29, 0.717) is 5.75 Å². The highest BCUT2D eigenvalue weighted by Gasteiger charge is 2.46. The molecule has 0 aliphatic carbocycles.